The molecule has 2 rings (SSSR count). The molecule has 1 aromatic heterocycles. The van der Waals surface area contributed by atoms with Crippen LogP contribution < -0.4 is 5.32 Å². The molecule has 1 N–H and O–H groups in total. The Hall–Kier alpha value is -1.00. The Morgan fingerprint density at radius 1 is 1.47 bits per heavy atom. The van der Waals surface area contributed by atoms with Crippen molar-refractivity contribution in [3.8, 4) is 0 Å². The molecule has 1 aliphatic heterocycles. The monoisotopic (exact) mass is 234 g/mol. The van der Waals surface area contributed by atoms with E-state index < -0.39 is 0 Å². The minimum Gasteiger partial charge on any atom is -0.311 e. The van der Waals surface area contributed by atoms with Gasteiger partial charge in [0.15, 0.2) is 0 Å². The molecule has 94 valence electrons. The molecule has 1 aliphatic rings. The van der Waals surface area contributed by atoms with Gasteiger partial charge in [0, 0.05) is 38.4 Å². The minimum atomic E-state index is 0.307. The average Bonchev–Trinajstić information content (AvgIpc) is 2.29. The first-order valence-electron chi connectivity index (χ1n) is 6.28. The van der Waals surface area contributed by atoms with Gasteiger partial charge in [-0.25, -0.2) is 0 Å². The van der Waals surface area contributed by atoms with E-state index in [0.29, 0.717) is 11.5 Å². The molecular formula is C13H22N4. The Labute approximate surface area is 103 Å². The Morgan fingerprint density at radius 3 is 2.94 bits per heavy atom. The van der Waals surface area contributed by atoms with Gasteiger partial charge in [-0.05, 0) is 17.5 Å². The lowest BCUT2D eigenvalue weighted by Gasteiger charge is -2.40. The third kappa shape index (κ3) is 3.48. The number of hydrogen-bond acceptors (Lipinski definition) is 4. The fraction of sp³-hybridized carbons (Fsp3) is 0.692. The summed E-state index contributed by atoms with van der Waals surface area (Å²) in [5.41, 5.74) is 1.36. The van der Waals surface area contributed by atoms with Crippen LogP contribution in [-0.2, 0) is 6.54 Å². The number of piperazine rings is 1. The van der Waals surface area contributed by atoms with Crippen LogP contribution >= 0.6 is 0 Å². The van der Waals surface area contributed by atoms with Crippen LogP contribution in [0, 0.1) is 5.41 Å². The van der Waals surface area contributed by atoms with Crippen LogP contribution in [0.2, 0.25) is 0 Å². The van der Waals surface area contributed by atoms with Crippen LogP contribution in [0.15, 0.2) is 18.3 Å². The number of rotatable bonds is 2. The molecule has 4 heteroatoms. The molecule has 0 radical (unpaired) electrons. The summed E-state index contributed by atoms with van der Waals surface area (Å²) in [6.07, 6.45) is 1.72. The van der Waals surface area contributed by atoms with Crippen LogP contribution in [-0.4, -0.2) is 40.8 Å². The van der Waals surface area contributed by atoms with Gasteiger partial charge in [0.25, 0.3) is 0 Å². The lowest BCUT2D eigenvalue weighted by molar-refractivity contribution is 0.128. The molecule has 17 heavy (non-hydrogen) atoms. The minimum absolute atomic E-state index is 0.307. The highest BCUT2D eigenvalue weighted by molar-refractivity contribution is 5.00. The third-order valence-electron chi connectivity index (χ3n) is 3.32. The van der Waals surface area contributed by atoms with E-state index in [9.17, 15) is 0 Å². The third-order valence-corrected chi connectivity index (χ3v) is 3.32. The predicted octanol–water partition coefficient (Wildman–Crippen LogP) is 1.30. The highest BCUT2D eigenvalue weighted by Crippen LogP contribution is 2.22. The van der Waals surface area contributed by atoms with Crippen molar-refractivity contribution >= 4 is 0 Å². The molecule has 1 unspecified atom stereocenters. The van der Waals surface area contributed by atoms with Gasteiger partial charge in [0.05, 0.1) is 5.69 Å². The molecule has 0 aromatic carbocycles. The van der Waals surface area contributed by atoms with Gasteiger partial charge in [-0.15, -0.1) is 0 Å². The van der Waals surface area contributed by atoms with Gasteiger partial charge in [-0.2, -0.15) is 10.2 Å². The van der Waals surface area contributed by atoms with Gasteiger partial charge < -0.3 is 5.32 Å². The van der Waals surface area contributed by atoms with Gasteiger partial charge in [-0.3, -0.25) is 4.90 Å². The fourth-order valence-corrected chi connectivity index (χ4v) is 2.18. The summed E-state index contributed by atoms with van der Waals surface area (Å²) in [7, 11) is 0. The molecule has 2 heterocycles. The zero-order valence-electron chi connectivity index (χ0n) is 11.0. The van der Waals surface area contributed by atoms with E-state index in [1.807, 2.05) is 12.1 Å². The van der Waals surface area contributed by atoms with Crippen molar-refractivity contribution in [1.29, 1.82) is 0 Å². The molecule has 0 amide bonds. The van der Waals surface area contributed by atoms with E-state index in [1.54, 1.807) is 6.20 Å². The van der Waals surface area contributed by atoms with Crippen molar-refractivity contribution in [2.24, 2.45) is 5.41 Å². The second-order valence-electron chi connectivity index (χ2n) is 5.82. The smallest absolute Gasteiger partial charge is 0.0771 e. The first-order valence-corrected chi connectivity index (χ1v) is 6.28. The predicted molar refractivity (Wildman–Crippen MR) is 68.6 cm³/mol. The summed E-state index contributed by atoms with van der Waals surface area (Å²) in [6.45, 7) is 11.0. The number of nitrogens with one attached hydrogen (secondary N) is 1. The maximum Gasteiger partial charge on any atom is 0.0771 e. The molecule has 1 aromatic rings. The Balaban J connectivity index is 1.94. The highest BCUT2D eigenvalue weighted by Gasteiger charge is 2.29. The molecule has 0 spiro atoms. The molecule has 1 saturated heterocycles. The van der Waals surface area contributed by atoms with E-state index >= 15 is 0 Å². The van der Waals surface area contributed by atoms with E-state index in [4.69, 9.17) is 0 Å². The second kappa shape index (κ2) is 5.10. The first-order chi connectivity index (χ1) is 8.05. The Kier molecular flexibility index (Phi) is 3.74. The van der Waals surface area contributed by atoms with E-state index in [1.165, 1.54) is 0 Å². The summed E-state index contributed by atoms with van der Waals surface area (Å²) >= 11 is 0. The quantitative estimate of drug-likeness (QED) is 0.837. The van der Waals surface area contributed by atoms with E-state index in [2.05, 4.69) is 41.2 Å². The summed E-state index contributed by atoms with van der Waals surface area (Å²) in [4.78, 5) is 2.45. The Bertz CT molecular complexity index is 344. The summed E-state index contributed by atoms with van der Waals surface area (Å²) < 4.78 is 0. The molecule has 1 fully saturated rings. The van der Waals surface area contributed by atoms with Crippen LogP contribution in [0.1, 0.15) is 26.5 Å². The maximum absolute atomic E-state index is 4.15. The standard InChI is InChI=1S/C13H22N4/c1-13(2,3)12-10-17(8-7-14-12)9-11-5-4-6-15-16-11/h4-6,12,14H,7-10H2,1-3H3. The molecular weight excluding hydrogens is 212 g/mol. The molecule has 4 nitrogen and oxygen atoms in total. The van der Waals surface area contributed by atoms with Gasteiger partial charge in [0.2, 0.25) is 0 Å². The van der Waals surface area contributed by atoms with Crippen molar-refractivity contribution in [1.82, 2.24) is 20.4 Å². The fourth-order valence-electron chi connectivity index (χ4n) is 2.18. The SMILES string of the molecule is CC(C)(C)C1CN(Cc2cccnn2)CCN1. The first kappa shape index (κ1) is 12.5. The van der Waals surface area contributed by atoms with Crippen LogP contribution in [0.5, 0.6) is 0 Å². The van der Waals surface area contributed by atoms with Gasteiger partial charge in [0.1, 0.15) is 0 Å². The molecule has 1 atom stereocenters. The second-order valence-corrected chi connectivity index (χ2v) is 5.82. The largest absolute Gasteiger partial charge is 0.311 e. The Morgan fingerprint density at radius 2 is 2.29 bits per heavy atom. The molecule has 0 saturated carbocycles. The van der Waals surface area contributed by atoms with E-state index in [-0.39, 0.29) is 0 Å². The van der Waals surface area contributed by atoms with Crippen molar-refractivity contribution in [3.63, 3.8) is 0 Å². The van der Waals surface area contributed by atoms with Crippen LogP contribution in [0.25, 0.3) is 0 Å². The van der Waals surface area contributed by atoms with Crippen LogP contribution in [0.3, 0.4) is 0 Å². The zero-order chi connectivity index (χ0) is 12.3. The van der Waals surface area contributed by atoms with Gasteiger partial charge >= 0.3 is 0 Å². The van der Waals surface area contributed by atoms with Crippen molar-refractivity contribution < 1.29 is 0 Å². The summed E-state index contributed by atoms with van der Waals surface area (Å²) in [6, 6.07) is 4.54. The van der Waals surface area contributed by atoms with Crippen molar-refractivity contribution in [2.75, 3.05) is 19.6 Å². The average molecular weight is 234 g/mol. The lowest BCUT2D eigenvalue weighted by Crippen LogP contribution is -2.55. The zero-order valence-corrected chi connectivity index (χ0v) is 11.0. The van der Waals surface area contributed by atoms with Gasteiger partial charge in [-0.1, -0.05) is 20.8 Å². The summed E-state index contributed by atoms with van der Waals surface area (Å²) in [5.74, 6) is 0. The molecule has 0 aliphatic carbocycles. The molecule has 0 bridgehead atoms. The number of hydrogen-bond donors (Lipinski definition) is 1. The van der Waals surface area contributed by atoms with Crippen LogP contribution in [0.4, 0.5) is 0 Å². The van der Waals surface area contributed by atoms with E-state index in [0.717, 1.165) is 31.9 Å². The number of nitrogens with zero attached hydrogens (tertiary/aromatic N) is 3. The normalized spacial score (nSPS) is 22.6. The summed E-state index contributed by atoms with van der Waals surface area (Å²) in [5, 5.41) is 11.7. The highest BCUT2D eigenvalue weighted by atomic mass is 15.2. The number of aromatic nitrogens is 2. The maximum atomic E-state index is 4.15. The topological polar surface area (TPSA) is 41.1 Å². The van der Waals surface area contributed by atoms with Crippen molar-refractivity contribution in [2.45, 2.75) is 33.4 Å². The van der Waals surface area contributed by atoms with Crippen molar-refractivity contribution in [3.05, 3.63) is 24.0 Å². The lowest BCUT2D eigenvalue weighted by atomic mass is 9.85.